The van der Waals surface area contributed by atoms with E-state index in [1.165, 1.54) is 6.42 Å². The lowest BCUT2D eigenvalue weighted by atomic mass is 9.96. The predicted molar refractivity (Wildman–Crippen MR) is 116 cm³/mol. The Kier molecular flexibility index (Phi) is 8.57. The molecule has 2 aliphatic rings. The average Bonchev–Trinajstić information content (AvgIpc) is 3.15. The van der Waals surface area contributed by atoms with Gasteiger partial charge in [0.25, 0.3) is 0 Å². The molecule has 0 atom stereocenters. The van der Waals surface area contributed by atoms with Crippen LogP contribution in [0.3, 0.4) is 0 Å². The van der Waals surface area contributed by atoms with Gasteiger partial charge in [0.1, 0.15) is 0 Å². The number of aromatic nitrogens is 2. The molecule has 0 bridgehead atoms. The molecule has 1 saturated heterocycles. The molecule has 3 rings (SSSR count). The van der Waals surface area contributed by atoms with Crippen molar-refractivity contribution in [3.05, 3.63) is 11.9 Å². The molecule has 0 amide bonds. The second-order valence-electron chi connectivity index (χ2n) is 8.92. The van der Waals surface area contributed by atoms with Gasteiger partial charge in [0.05, 0.1) is 17.1 Å². The van der Waals surface area contributed by atoms with Crippen LogP contribution in [0.4, 0.5) is 0 Å². The maximum Gasteiger partial charge on any atom is 0.228 e. The number of hydrogen-bond acceptors (Lipinski definition) is 5. The van der Waals surface area contributed by atoms with Gasteiger partial charge in [-0.1, -0.05) is 32.6 Å². The van der Waals surface area contributed by atoms with E-state index in [2.05, 4.69) is 23.9 Å². The fourth-order valence-electron chi connectivity index (χ4n) is 4.62. The highest BCUT2D eigenvalue weighted by atomic mass is 32.2. The van der Waals surface area contributed by atoms with Crippen LogP contribution in [0.15, 0.2) is 11.4 Å². The van der Waals surface area contributed by atoms with Crippen molar-refractivity contribution in [1.82, 2.24) is 14.5 Å². The minimum Gasteiger partial charge on any atom is -0.381 e. The zero-order valence-electron chi connectivity index (χ0n) is 18.3. The van der Waals surface area contributed by atoms with Crippen LogP contribution >= 0.6 is 0 Å². The van der Waals surface area contributed by atoms with Crippen LogP contribution in [0.1, 0.15) is 76.8 Å². The molecule has 0 spiro atoms. The average molecular weight is 426 g/mol. The molecule has 1 aromatic rings. The van der Waals surface area contributed by atoms with Crippen molar-refractivity contribution in [2.75, 3.05) is 26.8 Å². The Morgan fingerprint density at radius 1 is 1.17 bits per heavy atom. The maximum atomic E-state index is 13.3. The van der Waals surface area contributed by atoms with E-state index in [0.29, 0.717) is 5.16 Å². The third kappa shape index (κ3) is 6.05. The van der Waals surface area contributed by atoms with Crippen molar-refractivity contribution in [2.24, 2.45) is 5.92 Å². The van der Waals surface area contributed by atoms with Gasteiger partial charge in [-0.15, -0.1) is 0 Å². The zero-order valence-corrected chi connectivity index (χ0v) is 19.1. The van der Waals surface area contributed by atoms with E-state index in [4.69, 9.17) is 4.74 Å². The molecule has 166 valence electrons. The molecule has 1 aliphatic heterocycles. The first kappa shape index (κ1) is 22.8. The van der Waals surface area contributed by atoms with E-state index < -0.39 is 9.84 Å². The Hall–Kier alpha value is -0.920. The molecule has 2 heterocycles. The minimum absolute atomic E-state index is 0.252. The van der Waals surface area contributed by atoms with Crippen LogP contribution < -0.4 is 0 Å². The SMILES string of the molecule is CCCCn1c(CN(C)CCC2CCOCC2)cnc1S(=O)(=O)C1CCCCC1. The van der Waals surface area contributed by atoms with Gasteiger partial charge in [-0.25, -0.2) is 13.4 Å². The van der Waals surface area contributed by atoms with Gasteiger partial charge < -0.3 is 14.2 Å². The molecule has 1 aliphatic carbocycles. The second kappa shape index (κ2) is 10.9. The Bertz CT molecular complexity index is 720. The molecule has 0 N–H and O–H groups in total. The van der Waals surface area contributed by atoms with Gasteiger partial charge in [-0.2, -0.15) is 0 Å². The zero-order chi connectivity index (χ0) is 20.7. The van der Waals surface area contributed by atoms with Gasteiger partial charge in [0, 0.05) is 26.3 Å². The summed E-state index contributed by atoms with van der Waals surface area (Å²) in [6.45, 7) is 6.43. The van der Waals surface area contributed by atoms with Crippen LogP contribution in [0, 0.1) is 5.92 Å². The van der Waals surface area contributed by atoms with Gasteiger partial charge in [0.15, 0.2) is 0 Å². The van der Waals surface area contributed by atoms with Gasteiger partial charge in [-0.05, 0) is 58.0 Å². The Labute approximate surface area is 176 Å². The third-order valence-electron chi connectivity index (χ3n) is 6.57. The summed E-state index contributed by atoms with van der Waals surface area (Å²) in [6, 6.07) is 0. The number of nitrogens with zero attached hydrogens (tertiary/aromatic N) is 3. The van der Waals surface area contributed by atoms with Crippen LogP contribution in [0.25, 0.3) is 0 Å². The maximum absolute atomic E-state index is 13.3. The van der Waals surface area contributed by atoms with Crippen molar-refractivity contribution in [1.29, 1.82) is 0 Å². The van der Waals surface area contributed by atoms with Gasteiger partial charge >= 0.3 is 0 Å². The van der Waals surface area contributed by atoms with Crippen LogP contribution in [-0.4, -0.2) is 54.9 Å². The highest BCUT2D eigenvalue weighted by Crippen LogP contribution is 2.29. The summed E-state index contributed by atoms with van der Waals surface area (Å²) in [7, 11) is -1.22. The number of rotatable bonds is 10. The summed E-state index contributed by atoms with van der Waals surface area (Å²) in [5.74, 6) is 0.749. The lowest BCUT2D eigenvalue weighted by molar-refractivity contribution is 0.0607. The molecule has 0 radical (unpaired) electrons. The first-order valence-corrected chi connectivity index (χ1v) is 13.1. The fraction of sp³-hybridized carbons (Fsp3) is 0.864. The van der Waals surface area contributed by atoms with Crippen molar-refractivity contribution >= 4 is 9.84 Å². The quantitative estimate of drug-likeness (QED) is 0.566. The molecule has 0 unspecified atom stereocenters. The summed E-state index contributed by atoms with van der Waals surface area (Å²) in [5.41, 5.74) is 1.03. The van der Waals surface area contributed by atoms with E-state index in [1.54, 1.807) is 6.20 Å². The van der Waals surface area contributed by atoms with E-state index in [-0.39, 0.29) is 5.25 Å². The number of unbranched alkanes of at least 4 members (excludes halogenated alkanes) is 1. The number of hydrogen-bond donors (Lipinski definition) is 0. The minimum atomic E-state index is -3.35. The number of ether oxygens (including phenoxy) is 1. The molecule has 2 fully saturated rings. The van der Waals surface area contributed by atoms with E-state index in [9.17, 15) is 8.42 Å². The Balaban J connectivity index is 1.69. The van der Waals surface area contributed by atoms with Gasteiger partial charge in [0.2, 0.25) is 15.0 Å². The molecule has 1 aromatic heterocycles. The van der Waals surface area contributed by atoms with E-state index >= 15 is 0 Å². The smallest absolute Gasteiger partial charge is 0.228 e. The van der Waals surface area contributed by atoms with E-state index in [1.807, 2.05) is 4.57 Å². The van der Waals surface area contributed by atoms with Gasteiger partial charge in [-0.3, -0.25) is 0 Å². The summed E-state index contributed by atoms with van der Waals surface area (Å²) in [5, 5.41) is 0.0591. The first-order chi connectivity index (χ1) is 14.0. The molecule has 0 aromatic carbocycles. The topological polar surface area (TPSA) is 64.4 Å². The molecule has 7 heteroatoms. The lowest BCUT2D eigenvalue weighted by Gasteiger charge is -2.25. The largest absolute Gasteiger partial charge is 0.381 e. The lowest BCUT2D eigenvalue weighted by Crippen LogP contribution is -2.28. The third-order valence-corrected chi connectivity index (χ3v) is 8.76. The summed E-state index contributed by atoms with van der Waals surface area (Å²) in [4.78, 5) is 6.76. The normalized spacial score (nSPS) is 19.8. The summed E-state index contributed by atoms with van der Waals surface area (Å²) >= 11 is 0. The number of imidazole rings is 1. The fourth-order valence-corrected chi connectivity index (χ4v) is 6.59. The highest BCUT2D eigenvalue weighted by Gasteiger charge is 2.33. The van der Waals surface area contributed by atoms with Crippen molar-refractivity contribution in [3.8, 4) is 0 Å². The van der Waals surface area contributed by atoms with Crippen molar-refractivity contribution in [3.63, 3.8) is 0 Å². The van der Waals surface area contributed by atoms with Crippen LogP contribution in [0.2, 0.25) is 0 Å². The molecular weight excluding hydrogens is 386 g/mol. The molecular formula is C22H39N3O3S. The van der Waals surface area contributed by atoms with E-state index in [0.717, 1.165) is 102 Å². The second-order valence-corrected chi connectivity index (χ2v) is 11.0. The Morgan fingerprint density at radius 2 is 1.90 bits per heavy atom. The van der Waals surface area contributed by atoms with Crippen molar-refractivity contribution < 1.29 is 13.2 Å². The predicted octanol–water partition coefficient (Wildman–Crippen LogP) is 4.04. The van der Waals surface area contributed by atoms with Crippen LogP contribution in [0.5, 0.6) is 0 Å². The standard InChI is InChI=1S/C22H39N3O3S/c1-3-4-13-25-20(18-24(2)14-10-19-11-15-28-16-12-19)17-23-22(25)29(26,27)21-8-6-5-7-9-21/h17,19,21H,3-16,18H2,1-2H3. The molecule has 1 saturated carbocycles. The monoisotopic (exact) mass is 425 g/mol. The molecule has 29 heavy (non-hydrogen) atoms. The Morgan fingerprint density at radius 3 is 2.59 bits per heavy atom. The highest BCUT2D eigenvalue weighted by molar-refractivity contribution is 7.91. The number of sulfone groups is 1. The summed E-state index contributed by atoms with van der Waals surface area (Å²) in [6.07, 6.45) is 12.1. The van der Waals surface area contributed by atoms with Crippen molar-refractivity contribution in [2.45, 2.75) is 94.6 Å². The first-order valence-electron chi connectivity index (χ1n) is 11.6. The molecule has 6 nitrogen and oxygen atoms in total. The van der Waals surface area contributed by atoms with Crippen LogP contribution in [-0.2, 0) is 27.7 Å². The summed E-state index contributed by atoms with van der Waals surface area (Å²) < 4.78 is 34.0.